The molecule has 1 aromatic carbocycles. The molecule has 1 heterocycles. The van der Waals surface area contributed by atoms with Crippen LogP contribution in [0.3, 0.4) is 0 Å². The first-order valence-electron chi connectivity index (χ1n) is 5.10. The highest BCUT2D eigenvalue weighted by Crippen LogP contribution is 2.31. The summed E-state index contributed by atoms with van der Waals surface area (Å²) < 4.78 is 37.2. The largest absolute Gasteiger partial charge is 0.476 e. The smallest absolute Gasteiger partial charge is 0.416 e. The molecule has 0 aliphatic rings. The summed E-state index contributed by atoms with van der Waals surface area (Å²) in [5.41, 5.74) is -0.575. The molecule has 0 amide bonds. The molecule has 1 aromatic heterocycles. The minimum Gasteiger partial charge on any atom is -0.476 e. The molecule has 0 bridgehead atoms. The molecule has 0 aliphatic carbocycles. The molecule has 0 saturated heterocycles. The molecule has 98 valence electrons. The third kappa shape index (κ3) is 2.70. The van der Waals surface area contributed by atoms with Gasteiger partial charge in [0.15, 0.2) is 5.69 Å². The summed E-state index contributed by atoms with van der Waals surface area (Å²) in [4.78, 5) is 18.2. The number of carboxylic acid groups (broad SMARTS) is 1. The Hall–Kier alpha value is -2.44. The van der Waals surface area contributed by atoms with E-state index in [2.05, 4.69) is 9.97 Å². The van der Waals surface area contributed by atoms with Crippen molar-refractivity contribution < 1.29 is 23.1 Å². The van der Waals surface area contributed by atoms with Crippen molar-refractivity contribution in [2.45, 2.75) is 6.18 Å². The molecule has 2 rings (SSSR count). The minimum atomic E-state index is -4.43. The van der Waals surface area contributed by atoms with E-state index in [-0.39, 0.29) is 11.3 Å². The van der Waals surface area contributed by atoms with Crippen LogP contribution < -0.4 is 0 Å². The molecular formula is C12H7F3N2O2. The zero-order chi connectivity index (χ0) is 14.0. The van der Waals surface area contributed by atoms with Crippen LogP contribution >= 0.6 is 0 Å². The van der Waals surface area contributed by atoms with Crippen LogP contribution in [0.25, 0.3) is 11.1 Å². The number of hydrogen-bond acceptors (Lipinski definition) is 3. The molecule has 0 radical (unpaired) electrons. The Morgan fingerprint density at radius 2 is 1.79 bits per heavy atom. The number of benzene rings is 1. The number of hydrogen-bond donors (Lipinski definition) is 1. The van der Waals surface area contributed by atoms with Crippen molar-refractivity contribution in [2.24, 2.45) is 0 Å². The van der Waals surface area contributed by atoms with Crippen molar-refractivity contribution >= 4 is 5.97 Å². The first-order chi connectivity index (χ1) is 8.89. The van der Waals surface area contributed by atoms with Gasteiger partial charge in [0.2, 0.25) is 0 Å². The Kier molecular flexibility index (Phi) is 3.20. The second kappa shape index (κ2) is 4.68. The number of carboxylic acids is 1. The molecule has 2 aromatic rings. The summed E-state index contributed by atoms with van der Waals surface area (Å²) in [6.45, 7) is 0. The Morgan fingerprint density at radius 3 is 2.32 bits per heavy atom. The van der Waals surface area contributed by atoms with Crippen LogP contribution in [0.15, 0.2) is 36.8 Å². The van der Waals surface area contributed by atoms with Gasteiger partial charge in [-0.25, -0.2) is 14.8 Å². The fourth-order valence-corrected chi connectivity index (χ4v) is 1.55. The van der Waals surface area contributed by atoms with Crippen LogP contribution in [0.4, 0.5) is 13.2 Å². The molecule has 0 unspecified atom stereocenters. The van der Waals surface area contributed by atoms with Gasteiger partial charge in [-0.2, -0.15) is 13.2 Å². The first-order valence-corrected chi connectivity index (χ1v) is 5.10. The van der Waals surface area contributed by atoms with Gasteiger partial charge in [0, 0.05) is 11.8 Å². The maximum absolute atomic E-state index is 12.4. The van der Waals surface area contributed by atoms with E-state index in [0.29, 0.717) is 5.56 Å². The third-order valence-electron chi connectivity index (χ3n) is 2.44. The lowest BCUT2D eigenvalue weighted by Gasteiger charge is -2.08. The van der Waals surface area contributed by atoms with Crippen LogP contribution in [0.1, 0.15) is 16.1 Å². The van der Waals surface area contributed by atoms with Gasteiger partial charge in [-0.1, -0.05) is 12.1 Å². The van der Waals surface area contributed by atoms with E-state index in [1.165, 1.54) is 18.3 Å². The van der Waals surface area contributed by atoms with Crippen LogP contribution in [-0.4, -0.2) is 21.0 Å². The maximum Gasteiger partial charge on any atom is 0.416 e. The van der Waals surface area contributed by atoms with Gasteiger partial charge in [-0.3, -0.25) is 0 Å². The SMILES string of the molecule is O=C(O)c1ncncc1-c1ccc(C(F)(F)F)cc1. The van der Waals surface area contributed by atoms with Crippen LogP contribution in [0.2, 0.25) is 0 Å². The van der Waals surface area contributed by atoms with Crippen molar-refractivity contribution in [3.8, 4) is 11.1 Å². The lowest BCUT2D eigenvalue weighted by molar-refractivity contribution is -0.137. The lowest BCUT2D eigenvalue weighted by atomic mass is 10.0. The van der Waals surface area contributed by atoms with E-state index >= 15 is 0 Å². The van der Waals surface area contributed by atoms with E-state index in [4.69, 9.17) is 5.11 Å². The molecule has 19 heavy (non-hydrogen) atoms. The van der Waals surface area contributed by atoms with Gasteiger partial charge in [-0.15, -0.1) is 0 Å². The Bertz CT molecular complexity index is 609. The minimum absolute atomic E-state index is 0.170. The maximum atomic E-state index is 12.4. The fourth-order valence-electron chi connectivity index (χ4n) is 1.55. The summed E-state index contributed by atoms with van der Waals surface area (Å²) in [5, 5.41) is 8.94. The first kappa shape index (κ1) is 13.0. The van der Waals surface area contributed by atoms with Crippen LogP contribution in [0.5, 0.6) is 0 Å². The number of carbonyl (C=O) groups is 1. The quantitative estimate of drug-likeness (QED) is 0.909. The predicted octanol–water partition coefficient (Wildman–Crippen LogP) is 2.86. The monoisotopic (exact) mass is 268 g/mol. The summed E-state index contributed by atoms with van der Waals surface area (Å²) >= 11 is 0. The van der Waals surface area contributed by atoms with Gasteiger partial charge < -0.3 is 5.11 Å². The molecule has 4 nitrogen and oxygen atoms in total. The van der Waals surface area contributed by atoms with Gasteiger partial charge in [0.1, 0.15) is 6.33 Å². The zero-order valence-corrected chi connectivity index (χ0v) is 9.35. The van der Waals surface area contributed by atoms with E-state index in [0.717, 1.165) is 18.5 Å². The highest BCUT2D eigenvalue weighted by molar-refractivity contribution is 5.93. The zero-order valence-electron chi connectivity index (χ0n) is 9.35. The number of aromatic nitrogens is 2. The van der Waals surface area contributed by atoms with E-state index in [9.17, 15) is 18.0 Å². The molecule has 0 saturated carbocycles. The highest BCUT2D eigenvalue weighted by Gasteiger charge is 2.30. The number of alkyl halides is 3. The summed E-state index contributed by atoms with van der Waals surface area (Å²) in [7, 11) is 0. The molecule has 1 N–H and O–H groups in total. The number of nitrogens with zero attached hydrogens (tertiary/aromatic N) is 2. The van der Waals surface area contributed by atoms with E-state index in [1.54, 1.807) is 0 Å². The number of halogens is 3. The van der Waals surface area contributed by atoms with Gasteiger partial charge in [-0.05, 0) is 17.7 Å². The van der Waals surface area contributed by atoms with Crippen molar-refractivity contribution in [2.75, 3.05) is 0 Å². The molecule has 0 aliphatic heterocycles. The Morgan fingerprint density at radius 1 is 1.16 bits per heavy atom. The average Bonchev–Trinajstić information content (AvgIpc) is 2.38. The third-order valence-corrected chi connectivity index (χ3v) is 2.44. The molecule has 0 fully saturated rings. The molecular weight excluding hydrogens is 261 g/mol. The summed E-state index contributed by atoms with van der Waals surface area (Å²) in [6.07, 6.45) is -2.11. The normalized spacial score (nSPS) is 11.3. The Balaban J connectivity index is 2.46. The van der Waals surface area contributed by atoms with Crippen LogP contribution in [-0.2, 0) is 6.18 Å². The summed E-state index contributed by atoms with van der Waals surface area (Å²) in [5.74, 6) is -1.27. The molecule has 0 spiro atoms. The molecule has 0 atom stereocenters. The molecule has 7 heteroatoms. The second-order valence-corrected chi connectivity index (χ2v) is 3.67. The van der Waals surface area contributed by atoms with Crippen molar-refractivity contribution in [1.29, 1.82) is 0 Å². The number of aromatic carboxylic acids is 1. The van der Waals surface area contributed by atoms with E-state index in [1.807, 2.05) is 0 Å². The standard InChI is InChI=1S/C12H7F3N2O2/c13-12(14,15)8-3-1-7(2-4-8)9-5-16-6-17-10(9)11(18)19/h1-6H,(H,18,19). The fraction of sp³-hybridized carbons (Fsp3) is 0.0833. The van der Waals surface area contributed by atoms with Crippen molar-refractivity contribution in [3.63, 3.8) is 0 Å². The summed E-state index contributed by atoms with van der Waals surface area (Å²) in [6, 6.07) is 4.14. The number of rotatable bonds is 2. The van der Waals surface area contributed by atoms with Crippen molar-refractivity contribution in [1.82, 2.24) is 9.97 Å². The Labute approximate surface area is 105 Å². The van der Waals surface area contributed by atoms with Gasteiger partial charge >= 0.3 is 12.1 Å². The average molecular weight is 268 g/mol. The second-order valence-electron chi connectivity index (χ2n) is 3.67. The topological polar surface area (TPSA) is 63.1 Å². The highest BCUT2D eigenvalue weighted by atomic mass is 19.4. The van der Waals surface area contributed by atoms with Gasteiger partial charge in [0.25, 0.3) is 0 Å². The van der Waals surface area contributed by atoms with Crippen molar-refractivity contribution in [3.05, 3.63) is 48.0 Å². The van der Waals surface area contributed by atoms with Crippen LogP contribution in [0, 0.1) is 0 Å². The van der Waals surface area contributed by atoms with Gasteiger partial charge in [0.05, 0.1) is 5.56 Å². The lowest BCUT2D eigenvalue weighted by Crippen LogP contribution is -2.05. The van der Waals surface area contributed by atoms with E-state index < -0.39 is 17.7 Å². The predicted molar refractivity (Wildman–Crippen MR) is 59.4 cm³/mol.